The summed E-state index contributed by atoms with van der Waals surface area (Å²) < 4.78 is 3.59. The third kappa shape index (κ3) is 2.60. The summed E-state index contributed by atoms with van der Waals surface area (Å²) in [5.41, 5.74) is 2.85. The van der Waals surface area contributed by atoms with Crippen molar-refractivity contribution in [1.82, 2.24) is 24.5 Å². The fourth-order valence-corrected chi connectivity index (χ4v) is 2.15. The number of carbonyl (C=O) groups is 1. The topological polar surface area (TPSA) is 76.2 Å². The molecule has 1 amide bonds. The predicted octanol–water partition coefficient (Wildman–Crippen LogP) is -0.0810. The second-order valence-corrected chi connectivity index (χ2v) is 4.60. The molecule has 0 fully saturated rings. The Kier molecular flexibility index (Phi) is 3.84. The lowest BCUT2D eigenvalue weighted by molar-refractivity contribution is -0.130. The van der Waals surface area contributed by atoms with Gasteiger partial charge in [-0.2, -0.15) is 10.2 Å². The van der Waals surface area contributed by atoms with Crippen LogP contribution in [0.5, 0.6) is 0 Å². The zero-order valence-corrected chi connectivity index (χ0v) is 11.5. The number of rotatable bonds is 5. The van der Waals surface area contributed by atoms with Gasteiger partial charge in [-0.25, -0.2) is 0 Å². The Balaban J connectivity index is 2.08. The molecular weight excluding hydrogens is 246 g/mol. The highest BCUT2D eigenvalue weighted by atomic mass is 16.3. The van der Waals surface area contributed by atoms with Gasteiger partial charge in [0.25, 0.3) is 0 Å². The molecule has 0 atom stereocenters. The van der Waals surface area contributed by atoms with Gasteiger partial charge in [-0.15, -0.1) is 0 Å². The first-order valence-corrected chi connectivity index (χ1v) is 6.24. The van der Waals surface area contributed by atoms with Gasteiger partial charge in [-0.3, -0.25) is 14.2 Å². The van der Waals surface area contributed by atoms with E-state index in [-0.39, 0.29) is 12.5 Å². The minimum Gasteiger partial charge on any atom is -0.395 e. The number of aliphatic hydroxyl groups excluding tert-OH is 1. The zero-order valence-electron chi connectivity index (χ0n) is 11.5. The first-order valence-electron chi connectivity index (χ1n) is 6.24. The lowest BCUT2D eigenvalue weighted by atomic mass is 10.3. The first kappa shape index (κ1) is 13.5. The van der Waals surface area contributed by atoms with E-state index in [2.05, 4.69) is 10.2 Å². The Labute approximate surface area is 111 Å². The van der Waals surface area contributed by atoms with Gasteiger partial charge in [0.2, 0.25) is 5.91 Å². The zero-order chi connectivity index (χ0) is 14.0. The van der Waals surface area contributed by atoms with E-state index < -0.39 is 0 Å². The van der Waals surface area contributed by atoms with E-state index in [0.717, 1.165) is 16.7 Å². The maximum atomic E-state index is 11.8. The van der Waals surface area contributed by atoms with Crippen molar-refractivity contribution in [2.45, 2.75) is 19.9 Å². The Bertz CT molecular complexity index is 586. The van der Waals surface area contributed by atoms with Crippen LogP contribution in [0.2, 0.25) is 0 Å². The molecule has 0 aliphatic rings. The number of hydrogen-bond acceptors (Lipinski definition) is 4. The average Bonchev–Trinajstić information content (AvgIpc) is 2.90. The summed E-state index contributed by atoms with van der Waals surface area (Å²) >= 11 is 0. The second kappa shape index (κ2) is 5.40. The third-order valence-corrected chi connectivity index (χ3v) is 3.21. The Morgan fingerprint density at radius 3 is 2.95 bits per heavy atom. The van der Waals surface area contributed by atoms with Crippen LogP contribution < -0.4 is 0 Å². The number of aliphatic hydroxyl groups is 1. The lowest BCUT2D eigenvalue weighted by Crippen LogP contribution is -2.30. The molecule has 7 nitrogen and oxygen atoms in total. The molecule has 104 valence electrons. The number of fused-ring (bicyclic) bond motifs is 1. The van der Waals surface area contributed by atoms with E-state index in [0.29, 0.717) is 19.5 Å². The quantitative estimate of drug-likeness (QED) is 0.820. The summed E-state index contributed by atoms with van der Waals surface area (Å²) in [5.74, 6) is -0.000701. The highest BCUT2D eigenvalue weighted by molar-refractivity contribution is 5.78. The summed E-state index contributed by atoms with van der Waals surface area (Å²) in [7, 11) is 3.56. The Hall–Kier alpha value is -1.89. The number of aromatic nitrogens is 4. The van der Waals surface area contributed by atoms with Gasteiger partial charge in [0.05, 0.1) is 25.0 Å². The Morgan fingerprint density at radius 2 is 2.26 bits per heavy atom. The SMILES string of the molecule is Cc1nn(C)c2cnn(CCC(=O)N(C)CCO)c12. The number of amides is 1. The molecule has 0 bridgehead atoms. The number of nitrogens with zero attached hydrogens (tertiary/aromatic N) is 5. The van der Waals surface area contributed by atoms with Gasteiger partial charge in [0.15, 0.2) is 0 Å². The molecule has 1 N–H and O–H groups in total. The molecule has 2 heterocycles. The molecule has 0 aliphatic carbocycles. The van der Waals surface area contributed by atoms with Crippen LogP contribution in [0.1, 0.15) is 12.1 Å². The summed E-state index contributed by atoms with van der Waals surface area (Å²) in [6.45, 7) is 2.79. The largest absolute Gasteiger partial charge is 0.395 e. The van der Waals surface area contributed by atoms with Crippen LogP contribution in [0.4, 0.5) is 0 Å². The molecule has 0 aliphatic heterocycles. The van der Waals surface area contributed by atoms with Crippen molar-refractivity contribution in [3.8, 4) is 0 Å². The van der Waals surface area contributed by atoms with Crippen molar-refractivity contribution in [1.29, 1.82) is 0 Å². The summed E-state index contributed by atoms with van der Waals surface area (Å²) in [5, 5.41) is 17.4. The molecule has 0 unspecified atom stereocenters. The molecule has 2 aromatic heterocycles. The second-order valence-electron chi connectivity index (χ2n) is 4.60. The molecular formula is C12H19N5O2. The van der Waals surface area contributed by atoms with Crippen molar-refractivity contribution in [3.05, 3.63) is 11.9 Å². The smallest absolute Gasteiger partial charge is 0.224 e. The van der Waals surface area contributed by atoms with E-state index in [1.807, 2.05) is 18.7 Å². The highest BCUT2D eigenvalue weighted by Gasteiger charge is 2.13. The average molecular weight is 265 g/mol. The summed E-state index contributed by atoms with van der Waals surface area (Å²) in [6.07, 6.45) is 2.12. The van der Waals surface area contributed by atoms with Gasteiger partial charge in [-0.05, 0) is 6.92 Å². The third-order valence-electron chi connectivity index (χ3n) is 3.21. The molecule has 7 heteroatoms. The molecule has 0 aromatic carbocycles. The van der Waals surface area contributed by atoms with Crippen LogP contribution in [0.15, 0.2) is 6.20 Å². The van der Waals surface area contributed by atoms with E-state index in [4.69, 9.17) is 5.11 Å². The van der Waals surface area contributed by atoms with Crippen LogP contribution in [0.25, 0.3) is 11.0 Å². The van der Waals surface area contributed by atoms with Crippen molar-refractivity contribution in [3.63, 3.8) is 0 Å². The molecule has 0 saturated carbocycles. The summed E-state index contributed by atoms with van der Waals surface area (Å²) in [6, 6.07) is 0. The minimum atomic E-state index is -0.0179. The standard InChI is InChI=1S/C12H19N5O2/c1-9-12-10(16(3)14-9)8-13-17(12)5-4-11(19)15(2)6-7-18/h8,18H,4-7H2,1-3H3. The van der Waals surface area contributed by atoms with Crippen molar-refractivity contribution in [2.24, 2.45) is 7.05 Å². The normalized spacial score (nSPS) is 11.2. The number of aryl methyl sites for hydroxylation is 3. The molecule has 19 heavy (non-hydrogen) atoms. The van der Waals surface area contributed by atoms with Crippen molar-refractivity contribution in [2.75, 3.05) is 20.2 Å². The van der Waals surface area contributed by atoms with Crippen LogP contribution >= 0.6 is 0 Å². The molecule has 2 aromatic rings. The van der Waals surface area contributed by atoms with Crippen LogP contribution in [0, 0.1) is 6.92 Å². The van der Waals surface area contributed by atoms with Crippen molar-refractivity contribution >= 4 is 16.9 Å². The van der Waals surface area contributed by atoms with Gasteiger partial charge >= 0.3 is 0 Å². The fourth-order valence-electron chi connectivity index (χ4n) is 2.15. The molecule has 0 saturated heterocycles. The molecule has 2 rings (SSSR count). The monoisotopic (exact) mass is 265 g/mol. The predicted molar refractivity (Wildman–Crippen MR) is 70.6 cm³/mol. The van der Waals surface area contributed by atoms with Gasteiger partial charge in [0.1, 0.15) is 11.0 Å². The first-order chi connectivity index (χ1) is 9.04. The summed E-state index contributed by atoms with van der Waals surface area (Å²) in [4.78, 5) is 13.3. The van der Waals surface area contributed by atoms with E-state index in [9.17, 15) is 4.79 Å². The van der Waals surface area contributed by atoms with E-state index in [1.165, 1.54) is 4.90 Å². The maximum Gasteiger partial charge on any atom is 0.224 e. The number of likely N-dealkylation sites (N-methyl/N-ethyl adjacent to an activating group) is 1. The lowest BCUT2D eigenvalue weighted by Gasteiger charge is -2.15. The minimum absolute atomic E-state index is 0.000701. The van der Waals surface area contributed by atoms with Crippen LogP contribution in [-0.4, -0.2) is 55.7 Å². The van der Waals surface area contributed by atoms with Gasteiger partial charge < -0.3 is 10.0 Å². The van der Waals surface area contributed by atoms with Crippen molar-refractivity contribution < 1.29 is 9.90 Å². The number of hydrogen-bond donors (Lipinski definition) is 1. The molecule has 0 radical (unpaired) electrons. The van der Waals surface area contributed by atoms with Crippen LogP contribution in [-0.2, 0) is 18.4 Å². The molecule has 0 spiro atoms. The van der Waals surface area contributed by atoms with E-state index >= 15 is 0 Å². The maximum absolute atomic E-state index is 11.8. The van der Waals surface area contributed by atoms with Crippen LogP contribution in [0.3, 0.4) is 0 Å². The van der Waals surface area contributed by atoms with Gasteiger partial charge in [-0.1, -0.05) is 0 Å². The Morgan fingerprint density at radius 1 is 1.53 bits per heavy atom. The fraction of sp³-hybridized carbons (Fsp3) is 0.583. The number of carbonyl (C=O) groups excluding carboxylic acids is 1. The van der Waals surface area contributed by atoms with Gasteiger partial charge in [0, 0.05) is 27.1 Å². The van der Waals surface area contributed by atoms with E-state index in [1.54, 1.807) is 17.9 Å². The highest BCUT2D eigenvalue weighted by Crippen LogP contribution is 2.16.